The van der Waals surface area contributed by atoms with E-state index in [4.69, 9.17) is 0 Å². The number of hydrogen-bond donors (Lipinski definition) is 1. The van der Waals surface area contributed by atoms with E-state index in [0.29, 0.717) is 12.1 Å². The molecule has 0 radical (unpaired) electrons. The van der Waals surface area contributed by atoms with E-state index >= 15 is 0 Å². The summed E-state index contributed by atoms with van der Waals surface area (Å²) in [6.07, 6.45) is 3.23. The summed E-state index contributed by atoms with van der Waals surface area (Å²) in [5.74, 6) is -0.0871. The van der Waals surface area contributed by atoms with Crippen LogP contribution in [0.4, 0.5) is 5.69 Å². The number of carbonyl (C=O) groups is 1. The Morgan fingerprint density at radius 3 is 2.53 bits per heavy atom. The third-order valence-electron chi connectivity index (χ3n) is 2.86. The van der Waals surface area contributed by atoms with Crippen molar-refractivity contribution in [3.05, 3.63) is 59.9 Å². The van der Waals surface area contributed by atoms with E-state index in [-0.39, 0.29) is 5.91 Å². The Morgan fingerprint density at radius 2 is 1.84 bits per heavy atom. The minimum atomic E-state index is -0.0871. The molecule has 0 atom stereocenters. The fourth-order valence-electron chi connectivity index (χ4n) is 1.88. The van der Waals surface area contributed by atoms with Crippen LogP contribution >= 0.6 is 0 Å². The summed E-state index contributed by atoms with van der Waals surface area (Å²) in [4.78, 5) is 17.9. The van der Waals surface area contributed by atoms with Crippen molar-refractivity contribution in [3.8, 4) is 0 Å². The van der Waals surface area contributed by atoms with Crippen LogP contribution < -0.4 is 10.2 Å². The molecule has 0 unspecified atom stereocenters. The van der Waals surface area contributed by atoms with Crippen LogP contribution in [0.5, 0.6) is 0 Å². The summed E-state index contributed by atoms with van der Waals surface area (Å²) in [6.45, 7) is 0.509. The van der Waals surface area contributed by atoms with Gasteiger partial charge in [-0.05, 0) is 23.8 Å². The molecule has 0 saturated carbocycles. The van der Waals surface area contributed by atoms with Gasteiger partial charge in [0, 0.05) is 44.3 Å². The zero-order valence-corrected chi connectivity index (χ0v) is 11.1. The van der Waals surface area contributed by atoms with Crippen molar-refractivity contribution in [1.82, 2.24) is 10.3 Å². The van der Waals surface area contributed by atoms with Gasteiger partial charge in [0.25, 0.3) is 5.91 Å². The number of anilines is 1. The summed E-state index contributed by atoms with van der Waals surface area (Å²) in [5.41, 5.74) is 2.82. The molecule has 2 aromatic rings. The molecule has 0 spiro atoms. The number of amides is 1. The molecule has 19 heavy (non-hydrogen) atoms. The second-order valence-corrected chi connectivity index (χ2v) is 4.44. The molecule has 1 amide bonds. The molecular weight excluding hydrogens is 238 g/mol. The number of carbonyl (C=O) groups excluding carboxylic acids is 1. The maximum Gasteiger partial charge on any atom is 0.251 e. The Morgan fingerprint density at radius 1 is 1.16 bits per heavy atom. The molecule has 0 aliphatic carbocycles. The number of nitrogens with one attached hydrogen (secondary N) is 1. The van der Waals surface area contributed by atoms with Crippen LogP contribution in [0.15, 0.2) is 48.8 Å². The number of pyridine rings is 1. The molecule has 0 fully saturated rings. The molecule has 4 heteroatoms. The van der Waals surface area contributed by atoms with E-state index in [0.717, 1.165) is 11.3 Å². The van der Waals surface area contributed by atoms with Gasteiger partial charge >= 0.3 is 0 Å². The highest BCUT2D eigenvalue weighted by Gasteiger charge is 2.07. The first-order valence-corrected chi connectivity index (χ1v) is 6.12. The van der Waals surface area contributed by atoms with Crippen molar-refractivity contribution in [2.45, 2.75) is 6.54 Å². The number of para-hydroxylation sites is 1. The smallest absolute Gasteiger partial charge is 0.251 e. The lowest BCUT2D eigenvalue weighted by Crippen LogP contribution is -2.24. The summed E-state index contributed by atoms with van der Waals surface area (Å²) in [7, 11) is 3.98. The van der Waals surface area contributed by atoms with Crippen molar-refractivity contribution >= 4 is 11.6 Å². The molecule has 0 aliphatic rings. The van der Waals surface area contributed by atoms with Crippen LogP contribution in [0, 0.1) is 0 Å². The normalized spacial score (nSPS) is 10.0. The predicted octanol–water partition coefficient (Wildman–Crippen LogP) is 2.08. The molecule has 1 heterocycles. The highest BCUT2D eigenvalue weighted by molar-refractivity contribution is 5.94. The Kier molecular flexibility index (Phi) is 4.13. The summed E-state index contributed by atoms with van der Waals surface area (Å²) in [5, 5.41) is 2.92. The number of rotatable bonds is 4. The van der Waals surface area contributed by atoms with Crippen LogP contribution in [0.1, 0.15) is 15.9 Å². The Hall–Kier alpha value is -2.36. The molecule has 1 aromatic carbocycles. The highest BCUT2D eigenvalue weighted by Crippen LogP contribution is 2.17. The van der Waals surface area contributed by atoms with Gasteiger partial charge in [-0.3, -0.25) is 9.78 Å². The first kappa shape index (κ1) is 13.1. The van der Waals surface area contributed by atoms with Gasteiger partial charge in [0.15, 0.2) is 0 Å². The van der Waals surface area contributed by atoms with Crippen LogP contribution in [0.3, 0.4) is 0 Å². The molecule has 0 aliphatic heterocycles. The lowest BCUT2D eigenvalue weighted by molar-refractivity contribution is 0.0951. The molecule has 98 valence electrons. The highest BCUT2D eigenvalue weighted by atomic mass is 16.1. The summed E-state index contributed by atoms with van der Waals surface area (Å²) in [6, 6.07) is 11.4. The summed E-state index contributed by atoms with van der Waals surface area (Å²) >= 11 is 0. The van der Waals surface area contributed by atoms with Crippen molar-refractivity contribution in [2.24, 2.45) is 0 Å². The fourth-order valence-corrected chi connectivity index (χ4v) is 1.88. The first-order chi connectivity index (χ1) is 9.18. The predicted molar refractivity (Wildman–Crippen MR) is 76.2 cm³/mol. The molecule has 1 N–H and O–H groups in total. The molecule has 1 aromatic heterocycles. The van der Waals surface area contributed by atoms with E-state index < -0.39 is 0 Å². The largest absolute Gasteiger partial charge is 0.377 e. The quantitative estimate of drug-likeness (QED) is 0.909. The zero-order valence-electron chi connectivity index (χ0n) is 11.1. The third-order valence-corrected chi connectivity index (χ3v) is 2.86. The minimum Gasteiger partial charge on any atom is -0.377 e. The fraction of sp³-hybridized carbons (Fsp3) is 0.200. The van der Waals surface area contributed by atoms with Gasteiger partial charge in [0.1, 0.15) is 0 Å². The minimum absolute atomic E-state index is 0.0871. The molecule has 0 saturated heterocycles. The van der Waals surface area contributed by atoms with Crippen LogP contribution in [0.2, 0.25) is 0 Å². The molecule has 0 bridgehead atoms. The van der Waals surface area contributed by atoms with Gasteiger partial charge in [0.05, 0.1) is 0 Å². The van der Waals surface area contributed by atoms with Crippen molar-refractivity contribution in [3.63, 3.8) is 0 Å². The lowest BCUT2D eigenvalue weighted by atomic mass is 10.1. The van der Waals surface area contributed by atoms with Crippen LogP contribution in [-0.2, 0) is 6.54 Å². The monoisotopic (exact) mass is 255 g/mol. The maximum atomic E-state index is 11.9. The van der Waals surface area contributed by atoms with Gasteiger partial charge < -0.3 is 10.2 Å². The second-order valence-electron chi connectivity index (χ2n) is 4.44. The van der Waals surface area contributed by atoms with E-state index in [1.807, 2.05) is 43.3 Å². The SMILES string of the molecule is CN(C)c1ccccc1CNC(=O)c1ccncc1. The Balaban J connectivity index is 2.05. The number of aromatic nitrogens is 1. The van der Waals surface area contributed by atoms with Gasteiger partial charge in [-0.25, -0.2) is 0 Å². The average molecular weight is 255 g/mol. The molecular formula is C15H17N3O. The topological polar surface area (TPSA) is 45.2 Å². The van der Waals surface area contributed by atoms with Crippen molar-refractivity contribution in [1.29, 1.82) is 0 Å². The van der Waals surface area contributed by atoms with Crippen LogP contribution in [-0.4, -0.2) is 25.0 Å². The maximum absolute atomic E-state index is 11.9. The second kappa shape index (κ2) is 6.00. The van der Waals surface area contributed by atoms with E-state index in [1.165, 1.54) is 0 Å². The van der Waals surface area contributed by atoms with Gasteiger partial charge in [0.2, 0.25) is 0 Å². The number of hydrogen-bond acceptors (Lipinski definition) is 3. The molecule has 2 rings (SSSR count). The lowest BCUT2D eigenvalue weighted by Gasteiger charge is -2.17. The van der Waals surface area contributed by atoms with E-state index in [9.17, 15) is 4.79 Å². The number of benzene rings is 1. The third kappa shape index (κ3) is 3.31. The Labute approximate surface area is 113 Å². The standard InChI is InChI=1S/C15H17N3O/c1-18(2)14-6-4-3-5-13(14)11-17-15(19)12-7-9-16-10-8-12/h3-10H,11H2,1-2H3,(H,17,19). The van der Waals surface area contributed by atoms with Gasteiger partial charge in [-0.1, -0.05) is 18.2 Å². The number of nitrogens with zero attached hydrogens (tertiary/aromatic N) is 2. The van der Waals surface area contributed by atoms with E-state index in [1.54, 1.807) is 24.5 Å². The van der Waals surface area contributed by atoms with Crippen molar-refractivity contribution < 1.29 is 4.79 Å². The zero-order chi connectivity index (χ0) is 13.7. The van der Waals surface area contributed by atoms with Crippen molar-refractivity contribution in [2.75, 3.05) is 19.0 Å². The van der Waals surface area contributed by atoms with Gasteiger partial charge in [-0.15, -0.1) is 0 Å². The van der Waals surface area contributed by atoms with Gasteiger partial charge in [-0.2, -0.15) is 0 Å². The average Bonchev–Trinajstić information content (AvgIpc) is 2.46. The first-order valence-electron chi connectivity index (χ1n) is 6.12. The summed E-state index contributed by atoms with van der Waals surface area (Å²) < 4.78 is 0. The van der Waals surface area contributed by atoms with Crippen LogP contribution in [0.25, 0.3) is 0 Å². The molecule has 4 nitrogen and oxygen atoms in total. The Bertz CT molecular complexity index is 552. The van der Waals surface area contributed by atoms with E-state index in [2.05, 4.69) is 10.3 Å².